The summed E-state index contributed by atoms with van der Waals surface area (Å²) in [5, 5.41) is 0. The highest BCUT2D eigenvalue weighted by Gasteiger charge is 2.28. The molecule has 0 aliphatic carbocycles. The number of ether oxygens (including phenoxy) is 1. The molecule has 0 radical (unpaired) electrons. The number of hydrogen-bond donors (Lipinski definition) is 0. The van der Waals surface area contributed by atoms with Crippen LogP contribution in [-0.2, 0) is 17.8 Å². The van der Waals surface area contributed by atoms with E-state index in [0.29, 0.717) is 6.54 Å². The topological polar surface area (TPSA) is 42.7 Å². The van der Waals surface area contributed by atoms with Crippen molar-refractivity contribution in [3.05, 3.63) is 54.0 Å². The second-order valence-corrected chi connectivity index (χ2v) is 5.08. The smallest absolute Gasteiger partial charge is 0.263 e. The maximum absolute atomic E-state index is 12.4. The van der Waals surface area contributed by atoms with Crippen LogP contribution in [0.2, 0.25) is 0 Å². The van der Waals surface area contributed by atoms with Crippen molar-refractivity contribution in [2.75, 3.05) is 7.05 Å². The van der Waals surface area contributed by atoms with Crippen LogP contribution in [0.15, 0.2) is 47.3 Å². The SMILES string of the molecule is CN(Cc1ccoc1)C(=O)C1CCc2ccccc2O1. The molecule has 104 valence electrons. The normalized spacial score (nSPS) is 17.1. The quantitative estimate of drug-likeness (QED) is 0.862. The summed E-state index contributed by atoms with van der Waals surface area (Å²) in [5.41, 5.74) is 2.16. The minimum absolute atomic E-state index is 0.0145. The molecule has 1 atom stereocenters. The van der Waals surface area contributed by atoms with Crippen LogP contribution in [0.3, 0.4) is 0 Å². The summed E-state index contributed by atoms with van der Waals surface area (Å²) in [6.45, 7) is 0.539. The van der Waals surface area contributed by atoms with Gasteiger partial charge in [-0.2, -0.15) is 0 Å². The predicted molar refractivity (Wildman–Crippen MR) is 74.4 cm³/mol. The van der Waals surface area contributed by atoms with Gasteiger partial charge in [-0.3, -0.25) is 4.79 Å². The third kappa shape index (κ3) is 2.54. The van der Waals surface area contributed by atoms with Crippen LogP contribution in [0.4, 0.5) is 0 Å². The predicted octanol–water partition coefficient (Wildman–Crippen LogP) is 2.63. The summed E-state index contributed by atoms with van der Waals surface area (Å²) in [5.74, 6) is 0.842. The van der Waals surface area contributed by atoms with Gasteiger partial charge in [0, 0.05) is 19.2 Å². The minimum atomic E-state index is -0.387. The maximum atomic E-state index is 12.4. The molecule has 0 saturated heterocycles. The molecule has 1 aliphatic heterocycles. The number of likely N-dealkylation sites (N-methyl/N-ethyl adjacent to an activating group) is 1. The van der Waals surface area contributed by atoms with Crippen molar-refractivity contribution in [2.45, 2.75) is 25.5 Å². The molecule has 3 rings (SSSR count). The van der Waals surface area contributed by atoms with Gasteiger partial charge in [-0.1, -0.05) is 18.2 Å². The summed E-state index contributed by atoms with van der Waals surface area (Å²) in [6.07, 6.45) is 4.49. The molecule has 1 aromatic carbocycles. The fourth-order valence-electron chi connectivity index (χ4n) is 2.48. The standard InChI is InChI=1S/C16H17NO3/c1-17(10-12-8-9-19-11-12)16(18)15-7-6-13-4-2-3-5-14(13)20-15/h2-5,8-9,11,15H,6-7,10H2,1H3. The molecule has 4 nitrogen and oxygen atoms in total. The Hall–Kier alpha value is -2.23. The van der Waals surface area contributed by atoms with Gasteiger partial charge < -0.3 is 14.1 Å². The van der Waals surface area contributed by atoms with E-state index in [1.807, 2.05) is 30.3 Å². The van der Waals surface area contributed by atoms with Gasteiger partial charge in [0.05, 0.1) is 12.5 Å². The van der Waals surface area contributed by atoms with Crippen LogP contribution in [0, 0.1) is 0 Å². The van der Waals surface area contributed by atoms with E-state index in [9.17, 15) is 4.79 Å². The van der Waals surface area contributed by atoms with Crippen molar-refractivity contribution < 1.29 is 13.9 Å². The number of carbonyl (C=O) groups excluding carboxylic acids is 1. The van der Waals surface area contributed by atoms with Gasteiger partial charge in [0.2, 0.25) is 0 Å². The van der Waals surface area contributed by atoms with E-state index in [0.717, 1.165) is 24.2 Å². The zero-order valence-electron chi connectivity index (χ0n) is 11.4. The molecule has 20 heavy (non-hydrogen) atoms. The fraction of sp³-hybridized carbons (Fsp3) is 0.312. The van der Waals surface area contributed by atoms with Crippen molar-refractivity contribution in [2.24, 2.45) is 0 Å². The van der Waals surface area contributed by atoms with E-state index in [2.05, 4.69) is 0 Å². The molecule has 0 saturated carbocycles. The van der Waals surface area contributed by atoms with Gasteiger partial charge in [-0.25, -0.2) is 0 Å². The lowest BCUT2D eigenvalue weighted by Crippen LogP contribution is -2.41. The first-order chi connectivity index (χ1) is 9.74. The third-order valence-electron chi connectivity index (χ3n) is 3.57. The maximum Gasteiger partial charge on any atom is 0.263 e. The molecular weight excluding hydrogens is 254 g/mol. The number of para-hydroxylation sites is 1. The molecule has 1 aromatic heterocycles. The second-order valence-electron chi connectivity index (χ2n) is 5.08. The van der Waals surface area contributed by atoms with E-state index in [-0.39, 0.29) is 12.0 Å². The van der Waals surface area contributed by atoms with Crippen LogP contribution in [-0.4, -0.2) is 24.0 Å². The molecule has 1 aliphatic rings. The van der Waals surface area contributed by atoms with Crippen molar-refractivity contribution in [1.29, 1.82) is 0 Å². The molecule has 0 N–H and O–H groups in total. The number of nitrogens with zero attached hydrogens (tertiary/aromatic N) is 1. The molecular formula is C16H17NO3. The average molecular weight is 271 g/mol. The molecule has 2 aromatic rings. The lowest BCUT2D eigenvalue weighted by Gasteiger charge is -2.28. The first-order valence-electron chi connectivity index (χ1n) is 6.74. The van der Waals surface area contributed by atoms with Crippen molar-refractivity contribution >= 4 is 5.91 Å². The second kappa shape index (κ2) is 5.41. The minimum Gasteiger partial charge on any atom is -0.480 e. The number of aryl methyl sites for hydroxylation is 1. The monoisotopic (exact) mass is 271 g/mol. The lowest BCUT2D eigenvalue weighted by molar-refractivity contribution is -0.138. The van der Waals surface area contributed by atoms with E-state index < -0.39 is 0 Å². The number of furan rings is 1. The Bertz CT molecular complexity index is 592. The number of carbonyl (C=O) groups is 1. The third-order valence-corrected chi connectivity index (χ3v) is 3.57. The Balaban J connectivity index is 1.66. The summed E-state index contributed by atoms with van der Waals surface area (Å²) >= 11 is 0. The fourth-order valence-corrected chi connectivity index (χ4v) is 2.48. The zero-order chi connectivity index (χ0) is 13.9. The molecule has 0 bridgehead atoms. The van der Waals surface area contributed by atoms with Gasteiger partial charge in [-0.15, -0.1) is 0 Å². The van der Waals surface area contributed by atoms with Gasteiger partial charge in [-0.05, 0) is 30.5 Å². The number of amides is 1. The molecule has 0 spiro atoms. The summed E-state index contributed by atoms with van der Waals surface area (Å²) < 4.78 is 10.8. The number of hydrogen-bond acceptors (Lipinski definition) is 3. The average Bonchev–Trinajstić information content (AvgIpc) is 2.99. The zero-order valence-corrected chi connectivity index (χ0v) is 11.4. The van der Waals surface area contributed by atoms with E-state index >= 15 is 0 Å². The first kappa shape index (κ1) is 12.8. The Morgan fingerprint density at radius 2 is 2.20 bits per heavy atom. The Kier molecular flexibility index (Phi) is 3.46. The van der Waals surface area contributed by atoms with E-state index in [1.165, 1.54) is 5.56 Å². The van der Waals surface area contributed by atoms with Crippen molar-refractivity contribution in [3.63, 3.8) is 0 Å². The van der Waals surface area contributed by atoms with Gasteiger partial charge in [0.25, 0.3) is 5.91 Å². The Morgan fingerprint density at radius 1 is 1.35 bits per heavy atom. The van der Waals surface area contributed by atoms with Crippen LogP contribution in [0.5, 0.6) is 5.75 Å². The molecule has 2 heterocycles. The molecule has 1 unspecified atom stereocenters. The number of fused-ring (bicyclic) bond motifs is 1. The van der Waals surface area contributed by atoms with Crippen LogP contribution >= 0.6 is 0 Å². The Morgan fingerprint density at radius 3 is 3.00 bits per heavy atom. The largest absolute Gasteiger partial charge is 0.480 e. The van der Waals surface area contributed by atoms with E-state index in [4.69, 9.17) is 9.15 Å². The van der Waals surface area contributed by atoms with E-state index in [1.54, 1.807) is 24.5 Å². The highest BCUT2D eigenvalue weighted by Crippen LogP contribution is 2.27. The molecule has 1 amide bonds. The van der Waals surface area contributed by atoms with Gasteiger partial charge in [0.15, 0.2) is 6.10 Å². The summed E-state index contributed by atoms with van der Waals surface area (Å²) in [7, 11) is 1.79. The number of benzene rings is 1. The molecule has 4 heteroatoms. The Labute approximate surface area is 118 Å². The summed E-state index contributed by atoms with van der Waals surface area (Å²) in [6, 6.07) is 9.76. The first-order valence-corrected chi connectivity index (χ1v) is 6.74. The van der Waals surface area contributed by atoms with Crippen LogP contribution < -0.4 is 4.74 Å². The van der Waals surface area contributed by atoms with Crippen LogP contribution in [0.25, 0.3) is 0 Å². The summed E-state index contributed by atoms with van der Waals surface area (Å²) in [4.78, 5) is 14.1. The van der Waals surface area contributed by atoms with Crippen molar-refractivity contribution in [3.8, 4) is 5.75 Å². The highest BCUT2D eigenvalue weighted by molar-refractivity contribution is 5.81. The van der Waals surface area contributed by atoms with Gasteiger partial charge >= 0.3 is 0 Å². The lowest BCUT2D eigenvalue weighted by atomic mass is 10.0. The molecule has 0 fully saturated rings. The van der Waals surface area contributed by atoms with Gasteiger partial charge in [0.1, 0.15) is 5.75 Å². The van der Waals surface area contributed by atoms with Crippen molar-refractivity contribution in [1.82, 2.24) is 4.90 Å². The highest BCUT2D eigenvalue weighted by atomic mass is 16.5. The number of rotatable bonds is 3. The van der Waals surface area contributed by atoms with Crippen LogP contribution in [0.1, 0.15) is 17.5 Å².